The molecule has 2 aromatic carbocycles. The molecule has 6 heteroatoms. The Morgan fingerprint density at radius 3 is 2.70 bits per heavy atom. The van der Waals surface area contributed by atoms with Gasteiger partial charge in [0.05, 0.1) is 22.1 Å². The number of pyridine rings is 1. The number of benzene rings is 2. The molecule has 1 fully saturated rings. The zero-order chi connectivity index (χ0) is 20.7. The normalized spacial score (nSPS) is 17.1. The number of hydrogen-bond acceptors (Lipinski definition) is 4. The number of hydrogen-bond donors (Lipinski definition) is 1. The number of nitrogens with one attached hydrogen (secondary N) is 1. The molecule has 0 bridgehead atoms. The highest BCUT2D eigenvalue weighted by atomic mass is 35.5. The molecule has 5 rings (SSSR count). The van der Waals surface area contributed by atoms with E-state index in [0.29, 0.717) is 23.1 Å². The second kappa shape index (κ2) is 7.65. The number of aliphatic imine (C=N–C) groups is 1. The van der Waals surface area contributed by atoms with Crippen LogP contribution in [0.2, 0.25) is 5.02 Å². The molecular weight excluding hydrogens is 396 g/mol. The summed E-state index contributed by atoms with van der Waals surface area (Å²) in [6.45, 7) is 2.78. The minimum Gasteiger partial charge on any atom is -0.375 e. The van der Waals surface area contributed by atoms with Crippen molar-refractivity contribution in [2.24, 2.45) is 4.99 Å². The summed E-state index contributed by atoms with van der Waals surface area (Å²) in [5.74, 6) is 0. The van der Waals surface area contributed by atoms with Gasteiger partial charge in [-0.15, -0.1) is 0 Å². The number of para-hydroxylation sites is 1. The van der Waals surface area contributed by atoms with Gasteiger partial charge < -0.3 is 10.2 Å². The molecule has 0 saturated heterocycles. The fourth-order valence-electron chi connectivity index (χ4n) is 4.01. The van der Waals surface area contributed by atoms with Crippen LogP contribution in [0.25, 0.3) is 16.5 Å². The molecular formula is C24H23ClN4O. The molecule has 1 aromatic heterocycles. The van der Waals surface area contributed by atoms with E-state index in [0.717, 1.165) is 22.5 Å². The van der Waals surface area contributed by atoms with Crippen LogP contribution in [0.1, 0.15) is 31.5 Å². The van der Waals surface area contributed by atoms with E-state index in [2.05, 4.69) is 28.3 Å². The Kier molecular flexibility index (Phi) is 4.83. The van der Waals surface area contributed by atoms with Gasteiger partial charge in [0.2, 0.25) is 0 Å². The highest BCUT2D eigenvalue weighted by molar-refractivity contribution is 6.35. The average molecular weight is 419 g/mol. The van der Waals surface area contributed by atoms with Gasteiger partial charge in [0.25, 0.3) is 5.56 Å². The van der Waals surface area contributed by atoms with Gasteiger partial charge >= 0.3 is 0 Å². The van der Waals surface area contributed by atoms with Crippen molar-refractivity contribution in [3.8, 4) is 5.69 Å². The second-order valence-corrected chi connectivity index (χ2v) is 8.31. The Morgan fingerprint density at radius 1 is 1.13 bits per heavy atom. The molecule has 0 spiro atoms. The average Bonchev–Trinajstić information content (AvgIpc) is 3.60. The van der Waals surface area contributed by atoms with Crippen molar-refractivity contribution in [1.29, 1.82) is 0 Å². The summed E-state index contributed by atoms with van der Waals surface area (Å²) in [4.78, 5) is 20.3. The largest absolute Gasteiger partial charge is 0.375 e. The smallest absolute Gasteiger partial charge is 0.264 e. The third kappa shape index (κ3) is 3.50. The van der Waals surface area contributed by atoms with Crippen molar-refractivity contribution in [2.75, 3.05) is 6.67 Å². The first-order valence-electron chi connectivity index (χ1n) is 10.3. The van der Waals surface area contributed by atoms with E-state index in [1.165, 1.54) is 12.8 Å². The minimum absolute atomic E-state index is 0.112. The number of halogens is 1. The summed E-state index contributed by atoms with van der Waals surface area (Å²) >= 11 is 6.40. The molecule has 1 unspecified atom stereocenters. The number of allylic oxidation sites excluding steroid dienone is 1. The van der Waals surface area contributed by atoms with Gasteiger partial charge in [-0.05, 0) is 49.4 Å². The lowest BCUT2D eigenvalue weighted by Gasteiger charge is -2.26. The van der Waals surface area contributed by atoms with E-state index in [1.54, 1.807) is 10.6 Å². The lowest BCUT2D eigenvalue weighted by molar-refractivity contribution is 0.369. The van der Waals surface area contributed by atoms with Gasteiger partial charge in [-0.3, -0.25) is 14.4 Å². The first-order chi connectivity index (χ1) is 14.6. The van der Waals surface area contributed by atoms with E-state index < -0.39 is 0 Å². The van der Waals surface area contributed by atoms with Crippen LogP contribution in [0.15, 0.2) is 76.3 Å². The first-order valence-corrected chi connectivity index (χ1v) is 10.6. The lowest BCUT2D eigenvalue weighted by Crippen LogP contribution is -2.32. The summed E-state index contributed by atoms with van der Waals surface area (Å²) in [6, 6.07) is 17.8. The van der Waals surface area contributed by atoms with Crippen LogP contribution in [-0.4, -0.2) is 28.4 Å². The summed E-state index contributed by atoms with van der Waals surface area (Å²) in [6.07, 6.45) is 6.48. The topological polar surface area (TPSA) is 49.6 Å². The number of aromatic nitrogens is 1. The zero-order valence-electron chi connectivity index (χ0n) is 16.8. The molecule has 0 radical (unpaired) electrons. The molecule has 1 atom stereocenters. The van der Waals surface area contributed by atoms with Crippen molar-refractivity contribution in [3.05, 3.63) is 87.6 Å². The number of rotatable bonds is 5. The molecule has 1 saturated carbocycles. The molecule has 3 aromatic rings. The van der Waals surface area contributed by atoms with E-state index >= 15 is 0 Å². The lowest BCUT2D eigenvalue weighted by atomic mass is 10.1. The van der Waals surface area contributed by atoms with Crippen molar-refractivity contribution in [1.82, 2.24) is 14.8 Å². The predicted octanol–water partition coefficient (Wildman–Crippen LogP) is 4.64. The molecule has 1 aliphatic heterocycles. The SMILES string of the molecule is CC(NC1=CN(C2CC2)CN=C1)c1cc2cccc(Cl)c2c(=O)n1-c1ccccc1. The number of fused-ring (bicyclic) bond motifs is 1. The summed E-state index contributed by atoms with van der Waals surface area (Å²) in [5, 5.41) is 5.39. The molecule has 0 amide bonds. The van der Waals surface area contributed by atoms with Crippen molar-refractivity contribution < 1.29 is 0 Å². The molecule has 1 N–H and O–H groups in total. The summed E-state index contributed by atoms with van der Waals surface area (Å²) in [7, 11) is 0. The highest BCUT2D eigenvalue weighted by Crippen LogP contribution is 2.29. The zero-order valence-corrected chi connectivity index (χ0v) is 17.5. The maximum atomic E-state index is 13.5. The van der Waals surface area contributed by atoms with Crippen LogP contribution in [-0.2, 0) is 0 Å². The minimum atomic E-state index is -0.113. The van der Waals surface area contributed by atoms with Gasteiger partial charge in [0.1, 0.15) is 6.67 Å². The maximum absolute atomic E-state index is 13.5. The maximum Gasteiger partial charge on any atom is 0.264 e. The van der Waals surface area contributed by atoms with Crippen LogP contribution in [0.3, 0.4) is 0 Å². The predicted molar refractivity (Wildman–Crippen MR) is 122 cm³/mol. The van der Waals surface area contributed by atoms with Gasteiger partial charge in [-0.25, -0.2) is 0 Å². The van der Waals surface area contributed by atoms with Crippen molar-refractivity contribution >= 4 is 28.6 Å². The van der Waals surface area contributed by atoms with E-state index in [-0.39, 0.29) is 11.6 Å². The van der Waals surface area contributed by atoms with Crippen LogP contribution >= 0.6 is 11.6 Å². The summed E-state index contributed by atoms with van der Waals surface area (Å²) in [5.41, 5.74) is 2.54. The molecule has 152 valence electrons. The number of nitrogens with zero attached hydrogens (tertiary/aromatic N) is 3. The summed E-state index contributed by atoms with van der Waals surface area (Å²) < 4.78 is 1.76. The van der Waals surface area contributed by atoms with Crippen molar-refractivity contribution in [2.45, 2.75) is 31.8 Å². The fourth-order valence-corrected chi connectivity index (χ4v) is 4.28. The second-order valence-electron chi connectivity index (χ2n) is 7.90. The van der Waals surface area contributed by atoms with Gasteiger partial charge in [-0.2, -0.15) is 0 Å². The van der Waals surface area contributed by atoms with E-state index in [4.69, 9.17) is 11.6 Å². The standard InChI is InChI=1S/C24H23ClN4O/c1-16(27-18-13-26-15-28(14-18)19-10-11-19)22-12-17-6-5-9-21(25)23(17)24(30)29(22)20-7-3-2-4-8-20/h2-9,12-14,16,19,27H,10-11,15H2,1H3. The molecule has 5 nitrogen and oxygen atoms in total. The van der Waals surface area contributed by atoms with Crippen LogP contribution in [0, 0.1) is 0 Å². The Morgan fingerprint density at radius 2 is 1.93 bits per heavy atom. The van der Waals surface area contributed by atoms with E-state index in [1.807, 2.05) is 54.7 Å². The highest BCUT2D eigenvalue weighted by Gasteiger charge is 2.28. The van der Waals surface area contributed by atoms with Gasteiger partial charge in [-0.1, -0.05) is 41.9 Å². The molecule has 2 aliphatic rings. The van der Waals surface area contributed by atoms with Gasteiger partial charge in [0, 0.05) is 29.8 Å². The molecule has 2 heterocycles. The molecule has 30 heavy (non-hydrogen) atoms. The Bertz CT molecular complexity index is 1210. The van der Waals surface area contributed by atoms with Crippen molar-refractivity contribution in [3.63, 3.8) is 0 Å². The molecule has 1 aliphatic carbocycles. The Hall–Kier alpha value is -3.05. The Balaban J connectivity index is 1.60. The van der Waals surface area contributed by atoms with E-state index in [9.17, 15) is 4.79 Å². The first kappa shape index (κ1) is 18.9. The van der Waals surface area contributed by atoms with Crippen LogP contribution in [0.5, 0.6) is 0 Å². The third-order valence-electron chi connectivity index (χ3n) is 5.66. The van der Waals surface area contributed by atoms with Gasteiger partial charge in [0.15, 0.2) is 0 Å². The van der Waals surface area contributed by atoms with Crippen LogP contribution < -0.4 is 10.9 Å². The Labute approximate surface area is 180 Å². The quantitative estimate of drug-likeness (QED) is 0.656. The fraction of sp³-hybridized carbons (Fsp3) is 0.250. The third-order valence-corrected chi connectivity index (χ3v) is 5.98. The monoisotopic (exact) mass is 418 g/mol. The van der Waals surface area contributed by atoms with Crippen LogP contribution in [0.4, 0.5) is 0 Å².